The average Bonchev–Trinajstić information content (AvgIpc) is 3.08. The number of aromatic nitrogens is 2. The Morgan fingerprint density at radius 3 is 2.59 bits per heavy atom. The Hall–Kier alpha value is -2.74. The molecule has 32 heavy (non-hydrogen) atoms. The van der Waals surface area contributed by atoms with E-state index in [1.54, 1.807) is 0 Å². The van der Waals surface area contributed by atoms with E-state index in [-0.39, 0.29) is 16.6 Å². The number of nitrogens with zero attached hydrogens (tertiary/aromatic N) is 2. The van der Waals surface area contributed by atoms with Gasteiger partial charge in [-0.2, -0.15) is 18.3 Å². The molecule has 1 amide bonds. The second-order valence-corrected chi connectivity index (χ2v) is 8.66. The largest absolute Gasteiger partial charge is 0.416 e. The van der Waals surface area contributed by atoms with E-state index in [9.17, 15) is 18.0 Å². The number of halogens is 4. The van der Waals surface area contributed by atoms with Crippen molar-refractivity contribution >= 4 is 34.2 Å². The highest BCUT2D eigenvalue weighted by atomic mass is 35.5. The van der Waals surface area contributed by atoms with Crippen LogP contribution in [0.15, 0.2) is 42.5 Å². The molecule has 1 fully saturated rings. The van der Waals surface area contributed by atoms with Crippen LogP contribution in [-0.2, 0) is 13.2 Å². The van der Waals surface area contributed by atoms with Gasteiger partial charge in [-0.05, 0) is 61.9 Å². The third kappa shape index (κ3) is 4.85. The zero-order valence-corrected chi connectivity index (χ0v) is 18.3. The minimum absolute atomic E-state index is 0.0102. The molecule has 3 aromatic rings. The van der Waals surface area contributed by atoms with Gasteiger partial charge < -0.3 is 10.6 Å². The zero-order chi connectivity index (χ0) is 22.9. The van der Waals surface area contributed by atoms with Crippen molar-refractivity contribution in [1.29, 1.82) is 0 Å². The number of nitrogens with one attached hydrogen (secondary N) is 2. The second kappa shape index (κ2) is 9.02. The summed E-state index contributed by atoms with van der Waals surface area (Å²) in [6, 6.07) is 10.7. The fraction of sp³-hybridized carbons (Fsp3) is 0.391. The molecule has 1 saturated carbocycles. The number of benzene rings is 2. The molecular weight excluding hydrogens is 441 g/mol. The van der Waals surface area contributed by atoms with Gasteiger partial charge in [-0.25, -0.2) is 0 Å². The van der Waals surface area contributed by atoms with Crippen molar-refractivity contribution in [3.8, 4) is 0 Å². The van der Waals surface area contributed by atoms with Crippen LogP contribution in [0.25, 0.3) is 10.9 Å². The molecule has 2 aromatic carbocycles. The molecule has 0 atom stereocenters. The normalized spacial score (nSPS) is 19.2. The Labute approximate surface area is 188 Å². The van der Waals surface area contributed by atoms with Gasteiger partial charge in [-0.1, -0.05) is 23.7 Å². The van der Waals surface area contributed by atoms with E-state index in [1.807, 2.05) is 36.0 Å². The molecule has 0 bridgehead atoms. The smallest absolute Gasteiger partial charge is 0.368 e. The minimum atomic E-state index is -4.52. The van der Waals surface area contributed by atoms with Crippen LogP contribution in [0.5, 0.6) is 0 Å². The molecular formula is C23H24ClF3N4O. The van der Waals surface area contributed by atoms with Crippen molar-refractivity contribution in [2.45, 2.75) is 37.9 Å². The molecule has 0 unspecified atom stereocenters. The first kappa shape index (κ1) is 22.5. The molecule has 170 valence electrons. The lowest BCUT2D eigenvalue weighted by Crippen LogP contribution is -2.38. The van der Waals surface area contributed by atoms with Gasteiger partial charge in [0.05, 0.1) is 21.7 Å². The van der Waals surface area contributed by atoms with Crippen molar-refractivity contribution in [3.63, 3.8) is 0 Å². The highest BCUT2D eigenvalue weighted by Crippen LogP contribution is 2.32. The average molecular weight is 465 g/mol. The Morgan fingerprint density at radius 2 is 1.88 bits per heavy atom. The summed E-state index contributed by atoms with van der Waals surface area (Å²) in [5.41, 5.74) is 0.0332. The van der Waals surface area contributed by atoms with Crippen LogP contribution in [0.1, 0.15) is 41.6 Å². The Balaban J connectivity index is 1.31. The topological polar surface area (TPSA) is 59.0 Å². The molecule has 5 nitrogen and oxygen atoms in total. The first-order valence-electron chi connectivity index (χ1n) is 10.6. The van der Waals surface area contributed by atoms with Gasteiger partial charge in [0.2, 0.25) is 0 Å². The van der Waals surface area contributed by atoms with Crippen molar-refractivity contribution in [2.75, 3.05) is 11.9 Å². The van der Waals surface area contributed by atoms with Gasteiger partial charge in [-0.15, -0.1) is 0 Å². The number of para-hydroxylation sites is 1. The first-order chi connectivity index (χ1) is 15.2. The maximum Gasteiger partial charge on any atom is 0.416 e. The Kier molecular flexibility index (Phi) is 6.33. The molecule has 1 aromatic heterocycles. The van der Waals surface area contributed by atoms with Gasteiger partial charge in [0.25, 0.3) is 5.91 Å². The Morgan fingerprint density at radius 1 is 1.16 bits per heavy atom. The number of aryl methyl sites for hydroxylation is 1. The number of carbonyl (C=O) groups excluding carboxylic acids is 1. The number of hydrogen-bond donors (Lipinski definition) is 2. The lowest BCUT2D eigenvalue weighted by molar-refractivity contribution is -0.137. The van der Waals surface area contributed by atoms with Crippen molar-refractivity contribution in [3.05, 3.63) is 58.6 Å². The minimum Gasteiger partial charge on any atom is -0.368 e. The summed E-state index contributed by atoms with van der Waals surface area (Å²) in [5.74, 6) is 0.724. The van der Waals surface area contributed by atoms with Crippen molar-refractivity contribution in [2.24, 2.45) is 13.0 Å². The molecule has 1 aliphatic rings. The summed E-state index contributed by atoms with van der Waals surface area (Å²) in [7, 11) is 1.91. The van der Waals surface area contributed by atoms with E-state index in [0.717, 1.165) is 67.1 Å². The van der Waals surface area contributed by atoms with Gasteiger partial charge in [0.1, 0.15) is 0 Å². The monoisotopic (exact) mass is 464 g/mol. The lowest BCUT2D eigenvalue weighted by Gasteiger charge is -2.29. The third-order valence-corrected chi connectivity index (χ3v) is 6.37. The van der Waals surface area contributed by atoms with Gasteiger partial charge in [0.15, 0.2) is 5.82 Å². The van der Waals surface area contributed by atoms with Crippen LogP contribution >= 0.6 is 11.6 Å². The lowest BCUT2D eigenvalue weighted by atomic mass is 9.86. The summed E-state index contributed by atoms with van der Waals surface area (Å²) in [4.78, 5) is 12.5. The van der Waals surface area contributed by atoms with Crippen molar-refractivity contribution in [1.82, 2.24) is 15.1 Å². The second-order valence-electron chi connectivity index (χ2n) is 8.25. The fourth-order valence-corrected chi connectivity index (χ4v) is 4.44. The maximum atomic E-state index is 13.0. The number of fused-ring (bicyclic) bond motifs is 1. The summed E-state index contributed by atoms with van der Waals surface area (Å²) in [6.45, 7) is 0.779. The number of anilines is 1. The van der Waals surface area contributed by atoms with E-state index in [1.165, 1.54) is 0 Å². The van der Waals surface area contributed by atoms with E-state index in [0.29, 0.717) is 5.92 Å². The predicted molar refractivity (Wildman–Crippen MR) is 119 cm³/mol. The molecule has 1 heterocycles. The highest BCUT2D eigenvalue weighted by molar-refractivity contribution is 6.33. The molecule has 9 heteroatoms. The Bertz CT molecular complexity index is 1120. The zero-order valence-electron chi connectivity index (χ0n) is 17.5. The summed E-state index contributed by atoms with van der Waals surface area (Å²) in [5, 5.41) is 11.9. The predicted octanol–water partition coefficient (Wildman–Crippen LogP) is 5.65. The van der Waals surface area contributed by atoms with E-state index in [2.05, 4.69) is 15.7 Å². The van der Waals surface area contributed by atoms with Gasteiger partial charge >= 0.3 is 6.18 Å². The molecule has 4 rings (SSSR count). The number of rotatable bonds is 5. The first-order valence-corrected chi connectivity index (χ1v) is 10.9. The van der Waals surface area contributed by atoms with Crippen LogP contribution in [0, 0.1) is 5.92 Å². The summed E-state index contributed by atoms with van der Waals surface area (Å²) in [6.07, 6.45) is -1.20. The number of amides is 1. The highest BCUT2D eigenvalue weighted by Gasteiger charge is 2.32. The molecule has 0 radical (unpaired) electrons. The number of alkyl halides is 3. The van der Waals surface area contributed by atoms with Crippen molar-refractivity contribution < 1.29 is 18.0 Å². The maximum absolute atomic E-state index is 13.0. The molecule has 2 N–H and O–H groups in total. The van der Waals surface area contributed by atoms with Gasteiger partial charge in [-0.3, -0.25) is 9.48 Å². The van der Waals surface area contributed by atoms with E-state index >= 15 is 0 Å². The quantitative estimate of drug-likeness (QED) is 0.513. The standard InChI is InChI=1S/C23H24ClF3N4O/c1-31-20-5-3-2-4-17(20)21(30-31)28-13-14-6-9-16(10-7-14)29-22(32)18-12-15(23(25,26)27)8-11-19(18)24/h2-5,8,11-12,14,16H,6-7,9-10,13H2,1H3,(H,28,30)(H,29,32)/t14-,16-. The van der Waals surface area contributed by atoms with E-state index in [4.69, 9.17) is 11.6 Å². The molecule has 1 aliphatic carbocycles. The molecule has 0 spiro atoms. The van der Waals surface area contributed by atoms with Gasteiger partial charge in [0, 0.05) is 25.0 Å². The number of hydrogen-bond acceptors (Lipinski definition) is 3. The van der Waals surface area contributed by atoms with E-state index < -0.39 is 17.6 Å². The van der Waals surface area contributed by atoms with Crippen LogP contribution < -0.4 is 10.6 Å². The summed E-state index contributed by atoms with van der Waals surface area (Å²) < 4.78 is 40.7. The van der Waals surface area contributed by atoms with Crippen LogP contribution in [-0.4, -0.2) is 28.3 Å². The van der Waals surface area contributed by atoms with Crippen LogP contribution in [0.4, 0.5) is 19.0 Å². The fourth-order valence-electron chi connectivity index (χ4n) is 4.24. The SMILES string of the molecule is Cn1nc(NC[C@H]2CC[C@H](NC(=O)c3cc(C(F)(F)F)ccc3Cl)CC2)c2ccccc21. The third-order valence-electron chi connectivity index (χ3n) is 6.04. The molecule has 0 saturated heterocycles. The summed E-state index contributed by atoms with van der Waals surface area (Å²) >= 11 is 5.98. The van der Waals surface area contributed by atoms with Crippen LogP contribution in [0.3, 0.4) is 0 Å². The van der Waals surface area contributed by atoms with Crippen LogP contribution in [0.2, 0.25) is 5.02 Å². The number of carbonyl (C=O) groups is 1. The molecule has 0 aliphatic heterocycles.